The maximum atomic E-state index is 12.8. The van der Waals surface area contributed by atoms with Crippen molar-refractivity contribution in [3.05, 3.63) is 0 Å². The van der Waals surface area contributed by atoms with Gasteiger partial charge in [-0.15, -0.1) is 0 Å². The van der Waals surface area contributed by atoms with Gasteiger partial charge in [-0.1, -0.05) is 13.3 Å². The van der Waals surface area contributed by atoms with E-state index >= 15 is 0 Å². The van der Waals surface area contributed by atoms with Crippen molar-refractivity contribution in [2.45, 2.75) is 106 Å². The molecule has 3 rings (SSSR count). The number of fused-ring (bicyclic) bond motifs is 1. The number of thioether (sulfide) groups is 1. The minimum absolute atomic E-state index is 0.0192. The van der Waals surface area contributed by atoms with Crippen LogP contribution in [0.5, 0.6) is 0 Å². The quantitative estimate of drug-likeness (QED) is 0.0751. The molecule has 8 atom stereocenters. The molecule has 3 aliphatic rings. The minimum Gasteiger partial charge on any atom is -0.479 e. The Labute approximate surface area is 242 Å². The summed E-state index contributed by atoms with van der Waals surface area (Å²) in [5, 5.41) is 62.1. The number of aliphatic hydroxyl groups is 4. The number of aliphatic carboxylic acids is 1. The van der Waals surface area contributed by atoms with Gasteiger partial charge in [0.25, 0.3) is 0 Å². The molecule has 0 aliphatic carbocycles. The first kappa shape index (κ1) is 33.3. The summed E-state index contributed by atoms with van der Waals surface area (Å²) in [7, 11) is 0. The molecule has 0 aromatic carbocycles. The second kappa shape index (κ2) is 11.8. The molecular formula is C26H43N3O11S. The van der Waals surface area contributed by atoms with Crippen molar-refractivity contribution >= 4 is 35.6 Å². The number of carboxylic acids is 1. The van der Waals surface area contributed by atoms with Crippen LogP contribution in [-0.2, 0) is 23.9 Å². The Morgan fingerprint density at radius 3 is 2.37 bits per heavy atom. The van der Waals surface area contributed by atoms with Crippen molar-refractivity contribution < 1.29 is 54.2 Å². The standard InChI is InChI=1S/C26H43N3O11S/c1-14-22(3,37)23(4,29-15(2)32)24(5,25(38,11-30)12-31)40-26(14,20(34)35)13-39-18(33)9-7-6-8-17-19-16(10-41-17)27-21(36)28-19/h14,16-17,19,30-31,37-38H,6-13H2,1-5H3,(H,29,32)(H,34,35)(H2,27,28,36)/t14?,16-,17?,19-,22+,23+,24?,26+/m0/s1. The Kier molecular flexibility index (Phi) is 9.63. The molecule has 14 nitrogen and oxygen atoms in total. The summed E-state index contributed by atoms with van der Waals surface area (Å²) >= 11 is 1.75. The molecule has 234 valence electrons. The minimum atomic E-state index is -2.55. The summed E-state index contributed by atoms with van der Waals surface area (Å²) in [5.41, 5.74) is -11.4. The Morgan fingerprint density at radius 2 is 1.80 bits per heavy atom. The molecule has 0 aromatic rings. The summed E-state index contributed by atoms with van der Waals surface area (Å²) in [6.45, 7) is 3.15. The van der Waals surface area contributed by atoms with E-state index in [-0.39, 0.29) is 29.8 Å². The zero-order valence-corrected chi connectivity index (χ0v) is 24.9. The smallest absolute Gasteiger partial charge is 0.340 e. The van der Waals surface area contributed by atoms with Crippen LogP contribution in [-0.4, -0.2) is 120 Å². The van der Waals surface area contributed by atoms with Gasteiger partial charge in [-0.25, -0.2) is 9.59 Å². The van der Waals surface area contributed by atoms with Crippen LogP contribution in [0.4, 0.5) is 4.79 Å². The number of hydrogen-bond donors (Lipinski definition) is 8. The molecular weight excluding hydrogens is 562 g/mol. The first-order valence-corrected chi connectivity index (χ1v) is 14.7. The molecule has 8 N–H and O–H groups in total. The number of esters is 1. The van der Waals surface area contributed by atoms with E-state index < -0.39 is 71.5 Å². The molecule has 0 spiro atoms. The van der Waals surface area contributed by atoms with Crippen molar-refractivity contribution in [2.24, 2.45) is 5.92 Å². The van der Waals surface area contributed by atoms with Crippen LogP contribution in [0.2, 0.25) is 0 Å². The number of hydrogen-bond acceptors (Lipinski definition) is 11. The molecule has 0 radical (unpaired) electrons. The fraction of sp³-hybridized carbons (Fsp3) is 0.846. The molecule has 3 unspecified atom stereocenters. The van der Waals surface area contributed by atoms with Crippen LogP contribution in [0.1, 0.15) is 60.3 Å². The molecule has 3 aliphatic heterocycles. The normalized spacial score (nSPS) is 38.5. The third-order valence-electron chi connectivity index (χ3n) is 9.60. The highest BCUT2D eigenvalue weighted by molar-refractivity contribution is 8.00. The number of carbonyl (C=O) groups is 4. The van der Waals surface area contributed by atoms with Crippen LogP contribution >= 0.6 is 11.8 Å². The predicted molar refractivity (Wildman–Crippen MR) is 146 cm³/mol. The van der Waals surface area contributed by atoms with Gasteiger partial charge in [-0.05, 0) is 33.6 Å². The number of amides is 3. The second-order valence-electron chi connectivity index (χ2n) is 11.9. The van der Waals surface area contributed by atoms with Gasteiger partial charge in [0.05, 0.1) is 36.4 Å². The van der Waals surface area contributed by atoms with Gasteiger partial charge in [0.2, 0.25) is 11.5 Å². The van der Waals surface area contributed by atoms with E-state index in [0.29, 0.717) is 12.8 Å². The van der Waals surface area contributed by atoms with Crippen LogP contribution in [0.15, 0.2) is 0 Å². The molecule has 0 saturated carbocycles. The SMILES string of the molecule is CC(=O)N[C@@]1(C)C(C)(C(O)(CO)CO)O[C@@](COC(=O)CCCCC2SC[C@@H]3NC(=O)N[C@H]23)(C(=O)O)C(C)[C@@]1(C)O. The zero-order chi connectivity index (χ0) is 31.0. The number of urea groups is 1. The summed E-state index contributed by atoms with van der Waals surface area (Å²) < 4.78 is 11.4. The van der Waals surface area contributed by atoms with Crippen molar-refractivity contribution in [2.75, 3.05) is 25.6 Å². The maximum Gasteiger partial charge on any atom is 0.340 e. The fourth-order valence-electron chi connectivity index (χ4n) is 6.40. The number of aliphatic hydroxyl groups excluding tert-OH is 2. The van der Waals surface area contributed by atoms with Gasteiger partial charge >= 0.3 is 18.0 Å². The van der Waals surface area contributed by atoms with Gasteiger partial charge in [0, 0.05) is 30.3 Å². The molecule has 0 bridgehead atoms. The number of carboxylic acid groups (broad SMARTS) is 1. The molecule has 15 heteroatoms. The molecule has 41 heavy (non-hydrogen) atoms. The van der Waals surface area contributed by atoms with E-state index in [1.807, 2.05) is 0 Å². The second-order valence-corrected chi connectivity index (χ2v) is 13.2. The molecule has 3 fully saturated rings. The highest BCUT2D eigenvalue weighted by atomic mass is 32.2. The molecule has 3 amide bonds. The first-order valence-electron chi connectivity index (χ1n) is 13.7. The average molecular weight is 606 g/mol. The van der Waals surface area contributed by atoms with E-state index in [4.69, 9.17) is 9.47 Å². The van der Waals surface area contributed by atoms with E-state index in [9.17, 15) is 44.7 Å². The zero-order valence-electron chi connectivity index (χ0n) is 24.1. The number of unbranched alkanes of at least 4 members (excludes halogenated alkanes) is 1. The lowest BCUT2D eigenvalue weighted by atomic mass is 9.54. The third-order valence-corrected chi connectivity index (χ3v) is 11.1. The Hall–Kier alpha value is -2.17. The van der Waals surface area contributed by atoms with Gasteiger partial charge in [0.1, 0.15) is 17.8 Å². The summed E-state index contributed by atoms with van der Waals surface area (Å²) in [6, 6.07) is -0.0391. The first-order chi connectivity index (χ1) is 18.9. The van der Waals surface area contributed by atoms with E-state index in [2.05, 4.69) is 16.0 Å². The highest BCUT2D eigenvalue weighted by Gasteiger charge is 2.76. The highest BCUT2D eigenvalue weighted by Crippen LogP contribution is 2.55. The summed E-state index contributed by atoms with van der Waals surface area (Å²) in [6.07, 6.45) is 1.87. The summed E-state index contributed by atoms with van der Waals surface area (Å²) in [4.78, 5) is 49.2. The Balaban J connectivity index is 1.76. The van der Waals surface area contributed by atoms with E-state index in [1.54, 1.807) is 11.8 Å². The monoisotopic (exact) mass is 605 g/mol. The molecule has 3 heterocycles. The lowest BCUT2D eigenvalue weighted by molar-refractivity contribution is -0.358. The van der Waals surface area contributed by atoms with Crippen LogP contribution < -0.4 is 16.0 Å². The largest absolute Gasteiger partial charge is 0.479 e. The van der Waals surface area contributed by atoms with E-state index in [1.165, 1.54) is 27.7 Å². The van der Waals surface area contributed by atoms with Crippen molar-refractivity contribution in [3.63, 3.8) is 0 Å². The molecule has 0 aromatic heterocycles. The Bertz CT molecular complexity index is 1040. The molecule has 3 saturated heterocycles. The van der Waals surface area contributed by atoms with Gasteiger partial charge in [0.15, 0.2) is 0 Å². The van der Waals surface area contributed by atoms with Crippen LogP contribution in [0, 0.1) is 5.92 Å². The average Bonchev–Trinajstić information content (AvgIpc) is 3.45. The number of nitrogens with one attached hydrogen (secondary N) is 3. The van der Waals surface area contributed by atoms with Crippen LogP contribution in [0.25, 0.3) is 0 Å². The van der Waals surface area contributed by atoms with Crippen molar-refractivity contribution in [3.8, 4) is 0 Å². The van der Waals surface area contributed by atoms with Crippen molar-refractivity contribution in [1.29, 1.82) is 0 Å². The number of ether oxygens (including phenoxy) is 2. The van der Waals surface area contributed by atoms with Gasteiger partial charge < -0.3 is 51.0 Å². The number of rotatable bonds is 12. The maximum absolute atomic E-state index is 12.8. The Morgan fingerprint density at radius 1 is 1.17 bits per heavy atom. The van der Waals surface area contributed by atoms with Gasteiger partial charge in [-0.2, -0.15) is 11.8 Å². The lowest BCUT2D eigenvalue weighted by Gasteiger charge is -2.67. The topological polar surface area (TPSA) is 224 Å². The fourth-order valence-corrected chi connectivity index (χ4v) is 7.94. The van der Waals surface area contributed by atoms with Gasteiger partial charge in [-0.3, -0.25) is 9.59 Å². The number of carbonyl (C=O) groups excluding carboxylic acids is 3. The van der Waals surface area contributed by atoms with Crippen molar-refractivity contribution in [1.82, 2.24) is 16.0 Å². The lowest BCUT2D eigenvalue weighted by Crippen LogP contribution is -2.88. The third kappa shape index (κ3) is 5.52. The summed E-state index contributed by atoms with van der Waals surface area (Å²) in [5.74, 6) is -3.50. The van der Waals surface area contributed by atoms with E-state index in [0.717, 1.165) is 19.1 Å². The van der Waals surface area contributed by atoms with Crippen LogP contribution in [0.3, 0.4) is 0 Å². The predicted octanol–water partition coefficient (Wildman–Crippen LogP) is -1.13.